The Morgan fingerprint density at radius 2 is 1.48 bits per heavy atom. The third-order valence-corrected chi connectivity index (χ3v) is 6.42. The van der Waals surface area contributed by atoms with E-state index >= 15 is 0 Å². The number of nitrogens with zero attached hydrogens (tertiary/aromatic N) is 1. The molecule has 0 aliphatic carbocycles. The van der Waals surface area contributed by atoms with Gasteiger partial charge in [0.25, 0.3) is 5.91 Å². The lowest BCUT2D eigenvalue weighted by Gasteiger charge is -2.32. The van der Waals surface area contributed by atoms with Crippen molar-refractivity contribution in [2.45, 2.75) is 39.7 Å². The molecular formula is C28H32N2O. The summed E-state index contributed by atoms with van der Waals surface area (Å²) in [5, 5.41) is 3.07. The number of rotatable bonds is 6. The van der Waals surface area contributed by atoms with E-state index in [0.717, 1.165) is 42.4 Å². The number of carbonyl (C=O) groups is 1. The number of para-hydroxylation sites is 1. The maximum absolute atomic E-state index is 12.7. The second-order valence-electron chi connectivity index (χ2n) is 8.83. The minimum Gasteiger partial charge on any atom is -0.322 e. The zero-order chi connectivity index (χ0) is 21.6. The normalized spacial score (nSPS) is 15.0. The zero-order valence-electron chi connectivity index (χ0n) is 18.6. The Kier molecular flexibility index (Phi) is 6.83. The van der Waals surface area contributed by atoms with Crippen molar-refractivity contribution >= 4 is 11.6 Å². The van der Waals surface area contributed by atoms with Gasteiger partial charge in [0.1, 0.15) is 0 Å². The summed E-state index contributed by atoms with van der Waals surface area (Å²) in [5.74, 6) is 0.736. The van der Waals surface area contributed by atoms with Crippen LogP contribution in [0.4, 0.5) is 5.69 Å². The minimum absolute atomic E-state index is 0.0503. The molecule has 0 aromatic heterocycles. The molecule has 0 spiro atoms. The first-order valence-corrected chi connectivity index (χ1v) is 11.3. The fourth-order valence-corrected chi connectivity index (χ4v) is 4.51. The zero-order valence-corrected chi connectivity index (χ0v) is 18.6. The molecule has 0 atom stereocenters. The van der Waals surface area contributed by atoms with Crippen LogP contribution in [-0.2, 0) is 13.0 Å². The van der Waals surface area contributed by atoms with E-state index in [2.05, 4.69) is 52.7 Å². The molecule has 1 saturated heterocycles. The maximum atomic E-state index is 12.7. The Morgan fingerprint density at radius 1 is 0.839 bits per heavy atom. The summed E-state index contributed by atoms with van der Waals surface area (Å²) in [6.45, 7) is 7.29. The smallest absolute Gasteiger partial charge is 0.255 e. The molecule has 1 N–H and O–H groups in total. The first-order valence-electron chi connectivity index (χ1n) is 11.3. The van der Waals surface area contributed by atoms with Gasteiger partial charge >= 0.3 is 0 Å². The van der Waals surface area contributed by atoms with Crippen LogP contribution < -0.4 is 5.32 Å². The number of aryl methyl sites for hydroxylation is 2. The Morgan fingerprint density at radius 3 is 2.13 bits per heavy atom. The van der Waals surface area contributed by atoms with Crippen LogP contribution in [0.3, 0.4) is 0 Å². The number of benzene rings is 3. The summed E-state index contributed by atoms with van der Waals surface area (Å²) < 4.78 is 0. The van der Waals surface area contributed by atoms with Gasteiger partial charge in [-0.25, -0.2) is 0 Å². The van der Waals surface area contributed by atoms with Crippen molar-refractivity contribution in [2.75, 3.05) is 18.4 Å². The standard InChI is InChI=1S/C28H32N2O/c1-21-7-6-8-22(2)27(21)29-28(31)26-13-11-25(12-14-26)20-30-17-15-24(16-18-30)19-23-9-4-3-5-10-23/h3-14,24H,15-20H2,1-2H3,(H,29,31). The van der Waals surface area contributed by atoms with Crippen molar-refractivity contribution in [3.05, 3.63) is 101 Å². The number of likely N-dealkylation sites (tertiary alicyclic amines) is 1. The van der Waals surface area contributed by atoms with Gasteiger partial charge in [0.15, 0.2) is 0 Å². The van der Waals surface area contributed by atoms with E-state index in [1.54, 1.807) is 0 Å². The monoisotopic (exact) mass is 412 g/mol. The molecule has 1 heterocycles. The molecule has 4 rings (SSSR count). The number of anilines is 1. The summed E-state index contributed by atoms with van der Waals surface area (Å²) >= 11 is 0. The number of piperidine rings is 1. The topological polar surface area (TPSA) is 32.3 Å². The third kappa shape index (κ3) is 5.62. The Balaban J connectivity index is 1.28. The van der Waals surface area contributed by atoms with Gasteiger partial charge in [0.05, 0.1) is 0 Å². The molecular weight excluding hydrogens is 380 g/mol. The predicted octanol–water partition coefficient (Wildman–Crippen LogP) is 6.01. The molecule has 1 aliphatic heterocycles. The molecule has 1 aliphatic rings. The van der Waals surface area contributed by atoms with E-state index < -0.39 is 0 Å². The van der Waals surface area contributed by atoms with E-state index in [1.165, 1.54) is 30.4 Å². The van der Waals surface area contributed by atoms with Crippen molar-refractivity contribution in [2.24, 2.45) is 5.92 Å². The van der Waals surface area contributed by atoms with Crippen LogP contribution in [0, 0.1) is 19.8 Å². The molecule has 0 unspecified atom stereocenters. The quantitative estimate of drug-likeness (QED) is 0.538. The van der Waals surface area contributed by atoms with Gasteiger partial charge < -0.3 is 5.32 Å². The summed E-state index contributed by atoms with van der Waals surface area (Å²) in [6.07, 6.45) is 3.70. The number of hydrogen-bond acceptors (Lipinski definition) is 2. The van der Waals surface area contributed by atoms with Crippen molar-refractivity contribution in [1.29, 1.82) is 0 Å². The average Bonchev–Trinajstić information content (AvgIpc) is 2.79. The van der Waals surface area contributed by atoms with Crippen molar-refractivity contribution < 1.29 is 4.79 Å². The predicted molar refractivity (Wildman–Crippen MR) is 128 cm³/mol. The maximum Gasteiger partial charge on any atom is 0.255 e. The van der Waals surface area contributed by atoms with Gasteiger partial charge in [0, 0.05) is 17.8 Å². The second kappa shape index (κ2) is 9.93. The molecule has 160 valence electrons. The second-order valence-corrected chi connectivity index (χ2v) is 8.83. The highest BCUT2D eigenvalue weighted by atomic mass is 16.1. The average molecular weight is 413 g/mol. The van der Waals surface area contributed by atoms with Crippen LogP contribution in [0.25, 0.3) is 0 Å². The van der Waals surface area contributed by atoms with Crippen LogP contribution in [0.2, 0.25) is 0 Å². The number of amides is 1. The molecule has 3 aromatic carbocycles. The SMILES string of the molecule is Cc1cccc(C)c1NC(=O)c1ccc(CN2CCC(Cc3ccccc3)CC2)cc1. The van der Waals surface area contributed by atoms with E-state index in [9.17, 15) is 4.79 Å². The van der Waals surface area contributed by atoms with Gasteiger partial charge in [-0.3, -0.25) is 9.69 Å². The number of carbonyl (C=O) groups excluding carboxylic acids is 1. The van der Waals surface area contributed by atoms with E-state index in [-0.39, 0.29) is 5.91 Å². The summed E-state index contributed by atoms with van der Waals surface area (Å²) in [6, 6.07) is 25.0. The van der Waals surface area contributed by atoms with Crippen LogP contribution in [-0.4, -0.2) is 23.9 Å². The third-order valence-electron chi connectivity index (χ3n) is 6.42. The van der Waals surface area contributed by atoms with Crippen LogP contribution >= 0.6 is 0 Å². The number of hydrogen-bond donors (Lipinski definition) is 1. The lowest BCUT2D eigenvalue weighted by atomic mass is 9.90. The van der Waals surface area contributed by atoms with Gasteiger partial charge in [0.2, 0.25) is 0 Å². The molecule has 1 fully saturated rings. The number of nitrogens with one attached hydrogen (secondary N) is 1. The molecule has 3 heteroatoms. The van der Waals surface area contributed by atoms with Crippen LogP contribution in [0.15, 0.2) is 72.8 Å². The highest BCUT2D eigenvalue weighted by Gasteiger charge is 2.19. The van der Waals surface area contributed by atoms with Crippen LogP contribution in [0.1, 0.15) is 45.5 Å². The molecule has 3 aromatic rings. The Bertz CT molecular complexity index is 983. The van der Waals surface area contributed by atoms with Gasteiger partial charge in [-0.2, -0.15) is 0 Å². The summed E-state index contributed by atoms with van der Waals surface area (Å²) in [5.41, 5.74) is 6.50. The van der Waals surface area contributed by atoms with E-state index in [4.69, 9.17) is 0 Å². The van der Waals surface area contributed by atoms with Gasteiger partial charge in [-0.15, -0.1) is 0 Å². The fraction of sp³-hybridized carbons (Fsp3) is 0.321. The lowest BCUT2D eigenvalue weighted by molar-refractivity contribution is 0.102. The van der Waals surface area contributed by atoms with Crippen molar-refractivity contribution in [1.82, 2.24) is 4.90 Å². The van der Waals surface area contributed by atoms with Gasteiger partial charge in [-0.1, -0.05) is 60.7 Å². The van der Waals surface area contributed by atoms with Crippen molar-refractivity contribution in [3.8, 4) is 0 Å². The molecule has 1 amide bonds. The summed E-state index contributed by atoms with van der Waals surface area (Å²) in [7, 11) is 0. The molecule has 0 radical (unpaired) electrons. The fourth-order valence-electron chi connectivity index (χ4n) is 4.51. The highest BCUT2D eigenvalue weighted by molar-refractivity contribution is 6.05. The largest absolute Gasteiger partial charge is 0.322 e. The molecule has 0 saturated carbocycles. The van der Waals surface area contributed by atoms with E-state index in [0.29, 0.717) is 5.56 Å². The first-order chi connectivity index (χ1) is 15.1. The lowest BCUT2D eigenvalue weighted by Crippen LogP contribution is -2.33. The molecule has 3 nitrogen and oxygen atoms in total. The summed E-state index contributed by atoms with van der Waals surface area (Å²) in [4.78, 5) is 15.2. The van der Waals surface area contributed by atoms with E-state index in [1.807, 2.05) is 44.2 Å². The molecule has 31 heavy (non-hydrogen) atoms. The first kappa shape index (κ1) is 21.3. The Hall–Kier alpha value is -2.91. The van der Waals surface area contributed by atoms with Crippen LogP contribution in [0.5, 0.6) is 0 Å². The van der Waals surface area contributed by atoms with Crippen molar-refractivity contribution in [3.63, 3.8) is 0 Å². The molecule has 0 bridgehead atoms. The highest BCUT2D eigenvalue weighted by Crippen LogP contribution is 2.23. The Labute approximate surface area is 186 Å². The van der Waals surface area contributed by atoms with Gasteiger partial charge in [-0.05, 0) is 86.5 Å². The minimum atomic E-state index is -0.0503.